The van der Waals surface area contributed by atoms with Crippen molar-refractivity contribution in [1.82, 2.24) is 25.9 Å². The fourth-order valence-corrected chi connectivity index (χ4v) is 2.85. The van der Waals surface area contributed by atoms with E-state index in [2.05, 4.69) is 30.9 Å². The van der Waals surface area contributed by atoms with Gasteiger partial charge in [0.25, 0.3) is 0 Å². The number of aromatic amines is 1. The normalized spacial score (nSPS) is 14.0. The number of carbonyl (C=O) groups is 5. The highest BCUT2D eigenvalue weighted by Crippen LogP contribution is 2.04. The number of nitrogens with one attached hydrogen (secondary N) is 4. The van der Waals surface area contributed by atoms with Crippen LogP contribution in [0.1, 0.15) is 31.9 Å². The smallest absolute Gasteiger partial charge is 0.326 e. The molecule has 0 fully saturated rings. The lowest BCUT2D eigenvalue weighted by Gasteiger charge is -2.24. The Balaban J connectivity index is 2.97. The van der Waals surface area contributed by atoms with Crippen molar-refractivity contribution in [3.05, 3.63) is 18.2 Å². The molecule has 0 bridgehead atoms. The maximum absolute atomic E-state index is 12.9. The molecule has 0 radical (unpaired) electrons. The van der Waals surface area contributed by atoms with Gasteiger partial charge in [0.1, 0.15) is 18.1 Å². The van der Waals surface area contributed by atoms with Crippen LogP contribution in [0, 0.1) is 0 Å². The zero-order chi connectivity index (χ0) is 26.5. The first-order chi connectivity index (χ1) is 16.4. The number of hydrogen-bond acceptors (Lipinski definition) is 8. The average molecular weight is 497 g/mol. The average Bonchev–Trinajstić information content (AvgIpc) is 3.27. The molecule has 0 aromatic carbocycles. The molecule has 13 N–H and O–H groups in total. The highest BCUT2D eigenvalue weighted by atomic mass is 16.4. The van der Waals surface area contributed by atoms with Crippen LogP contribution in [0.3, 0.4) is 0 Å². The van der Waals surface area contributed by atoms with Crippen molar-refractivity contribution in [1.29, 1.82) is 0 Å². The number of aliphatic carboxylic acids is 1. The summed E-state index contributed by atoms with van der Waals surface area (Å²) in [5.41, 5.74) is 21.7. The quantitative estimate of drug-likeness (QED) is 0.0640. The number of nitrogens with zero attached hydrogens (tertiary/aromatic N) is 2. The van der Waals surface area contributed by atoms with Gasteiger partial charge in [-0.25, -0.2) is 9.78 Å². The monoisotopic (exact) mass is 496 g/mol. The first kappa shape index (κ1) is 28.8. The van der Waals surface area contributed by atoms with Crippen LogP contribution in [0.2, 0.25) is 0 Å². The number of nitrogens with two attached hydrogens (primary N) is 4. The minimum atomic E-state index is -1.50. The third-order valence-corrected chi connectivity index (χ3v) is 4.62. The minimum absolute atomic E-state index is 0.0730. The number of guanidine groups is 1. The molecule has 0 aliphatic heterocycles. The maximum Gasteiger partial charge on any atom is 0.326 e. The highest BCUT2D eigenvalue weighted by molar-refractivity contribution is 5.96. The number of carbonyl (C=O) groups excluding carboxylic acids is 4. The zero-order valence-corrected chi connectivity index (χ0v) is 19.2. The van der Waals surface area contributed by atoms with Gasteiger partial charge in [0.05, 0.1) is 18.8 Å². The van der Waals surface area contributed by atoms with Crippen LogP contribution in [0.25, 0.3) is 0 Å². The second kappa shape index (κ2) is 14.1. The molecule has 4 unspecified atom stereocenters. The van der Waals surface area contributed by atoms with Gasteiger partial charge >= 0.3 is 5.97 Å². The van der Waals surface area contributed by atoms with Gasteiger partial charge in [-0.05, 0) is 19.8 Å². The summed E-state index contributed by atoms with van der Waals surface area (Å²) in [6.45, 7) is 1.58. The summed E-state index contributed by atoms with van der Waals surface area (Å²) in [5, 5.41) is 16.5. The maximum atomic E-state index is 12.9. The van der Waals surface area contributed by atoms with E-state index >= 15 is 0 Å². The van der Waals surface area contributed by atoms with E-state index in [1.165, 1.54) is 19.4 Å². The Morgan fingerprint density at radius 2 is 1.63 bits per heavy atom. The number of primary amides is 1. The molecule has 4 atom stereocenters. The van der Waals surface area contributed by atoms with Gasteiger partial charge in [0, 0.05) is 24.9 Å². The standard InChI is InChI=1S/C19H32N10O6/c1-9(20)15(31)27-11(3-2-4-25-19(22)23)16(32)28-12(6-14(21)30)17(33)29-13(18(34)35)5-10-7-24-8-26-10/h7-9,11-13H,2-6,20H2,1H3,(H2,21,30)(H,24,26)(H,27,31)(H,28,32)(H,29,33)(H,34,35)(H4,22,23,25). The molecule has 4 amide bonds. The van der Waals surface area contributed by atoms with Gasteiger partial charge in [-0.2, -0.15) is 0 Å². The topological polar surface area (TPSA) is 287 Å². The highest BCUT2D eigenvalue weighted by Gasteiger charge is 2.31. The zero-order valence-electron chi connectivity index (χ0n) is 19.2. The number of H-pyrrole nitrogens is 1. The molecule has 0 saturated carbocycles. The predicted molar refractivity (Wildman–Crippen MR) is 123 cm³/mol. The second-order valence-corrected chi connectivity index (χ2v) is 7.71. The van der Waals surface area contributed by atoms with Gasteiger partial charge in [0.15, 0.2) is 5.96 Å². The van der Waals surface area contributed by atoms with E-state index < -0.39 is 60.2 Å². The van der Waals surface area contributed by atoms with E-state index in [0.29, 0.717) is 5.69 Å². The van der Waals surface area contributed by atoms with Crippen LogP contribution in [0.15, 0.2) is 17.5 Å². The van der Waals surface area contributed by atoms with Gasteiger partial charge in [-0.1, -0.05) is 0 Å². The summed E-state index contributed by atoms with van der Waals surface area (Å²) in [4.78, 5) is 71.1. The molecule has 0 aliphatic carbocycles. The van der Waals surface area contributed by atoms with Crippen molar-refractivity contribution in [3.63, 3.8) is 0 Å². The Labute approximate surface area is 200 Å². The SMILES string of the molecule is CC(N)C(=O)NC(CCCN=C(N)N)C(=O)NC(CC(N)=O)C(=O)NC(Cc1cnc[nH]1)C(=O)O. The predicted octanol–water partition coefficient (Wildman–Crippen LogP) is -4.23. The van der Waals surface area contributed by atoms with Crippen LogP contribution in [-0.2, 0) is 30.4 Å². The first-order valence-electron chi connectivity index (χ1n) is 10.6. The number of aliphatic imine (C=N–C) groups is 1. The Bertz CT molecular complexity index is 913. The summed E-state index contributed by atoms with van der Waals surface area (Å²) in [7, 11) is 0. The van der Waals surface area contributed by atoms with Gasteiger partial charge in [0.2, 0.25) is 23.6 Å². The lowest BCUT2D eigenvalue weighted by Crippen LogP contribution is -2.57. The molecule has 1 heterocycles. The molecule has 194 valence electrons. The lowest BCUT2D eigenvalue weighted by molar-refractivity contribution is -0.142. The molecular weight excluding hydrogens is 464 g/mol. The fourth-order valence-electron chi connectivity index (χ4n) is 2.85. The Kier molecular flexibility index (Phi) is 11.6. The molecule has 0 aliphatic rings. The molecule has 0 spiro atoms. The van der Waals surface area contributed by atoms with Crippen molar-refractivity contribution in [2.75, 3.05) is 6.54 Å². The fraction of sp³-hybridized carbons (Fsp3) is 0.526. The largest absolute Gasteiger partial charge is 0.480 e. The Morgan fingerprint density at radius 3 is 2.14 bits per heavy atom. The molecular formula is C19H32N10O6. The third kappa shape index (κ3) is 11.0. The number of amides is 4. The van der Waals surface area contributed by atoms with Crippen LogP contribution < -0.4 is 38.9 Å². The van der Waals surface area contributed by atoms with Crippen molar-refractivity contribution in [2.24, 2.45) is 27.9 Å². The summed E-state index contributed by atoms with van der Waals surface area (Å²) < 4.78 is 0. The molecule has 1 rings (SSSR count). The number of carboxylic acids is 1. The van der Waals surface area contributed by atoms with Gasteiger partial charge < -0.3 is 49.0 Å². The van der Waals surface area contributed by atoms with Gasteiger partial charge in [-0.3, -0.25) is 24.2 Å². The van der Waals surface area contributed by atoms with Crippen molar-refractivity contribution >= 4 is 35.6 Å². The number of rotatable bonds is 15. The molecule has 1 aromatic heterocycles. The first-order valence-corrected chi connectivity index (χ1v) is 10.6. The summed E-state index contributed by atoms with van der Waals surface area (Å²) in [6, 6.07) is -4.96. The van der Waals surface area contributed by atoms with Crippen molar-refractivity contribution in [3.8, 4) is 0 Å². The van der Waals surface area contributed by atoms with E-state index in [0.717, 1.165) is 0 Å². The second-order valence-electron chi connectivity index (χ2n) is 7.71. The minimum Gasteiger partial charge on any atom is -0.480 e. The number of carboxylic acid groups (broad SMARTS) is 1. The van der Waals surface area contributed by atoms with Crippen LogP contribution in [-0.4, -0.2) is 81.3 Å². The summed E-state index contributed by atoms with van der Waals surface area (Å²) >= 11 is 0. The van der Waals surface area contributed by atoms with Crippen LogP contribution in [0.4, 0.5) is 0 Å². The molecule has 0 saturated heterocycles. The summed E-state index contributed by atoms with van der Waals surface area (Å²) in [5.74, 6) is -4.82. The molecule has 35 heavy (non-hydrogen) atoms. The molecule has 16 nitrogen and oxygen atoms in total. The van der Waals surface area contributed by atoms with Crippen molar-refractivity contribution < 1.29 is 29.1 Å². The third-order valence-electron chi connectivity index (χ3n) is 4.62. The number of aromatic nitrogens is 2. The van der Waals surface area contributed by atoms with E-state index in [1.807, 2.05) is 0 Å². The molecule has 16 heteroatoms. The van der Waals surface area contributed by atoms with E-state index in [1.54, 1.807) is 0 Å². The Hall–Kier alpha value is -4.21. The van der Waals surface area contributed by atoms with Gasteiger partial charge in [-0.15, -0.1) is 0 Å². The summed E-state index contributed by atoms with van der Waals surface area (Å²) in [6.07, 6.45) is 2.34. The number of imidazole rings is 1. The van der Waals surface area contributed by atoms with Crippen LogP contribution >= 0.6 is 0 Å². The van der Waals surface area contributed by atoms with E-state index in [-0.39, 0.29) is 31.8 Å². The van der Waals surface area contributed by atoms with E-state index in [4.69, 9.17) is 22.9 Å². The van der Waals surface area contributed by atoms with E-state index in [9.17, 15) is 29.1 Å². The molecule has 1 aromatic rings. The van der Waals surface area contributed by atoms with Crippen LogP contribution in [0.5, 0.6) is 0 Å². The Morgan fingerprint density at radius 1 is 1.03 bits per heavy atom. The lowest BCUT2D eigenvalue weighted by atomic mass is 10.1. The number of hydrogen-bond donors (Lipinski definition) is 9. The van der Waals surface area contributed by atoms with Crippen molar-refractivity contribution in [2.45, 2.75) is 56.8 Å².